The van der Waals surface area contributed by atoms with Crippen molar-refractivity contribution in [2.24, 2.45) is 5.92 Å². The lowest BCUT2D eigenvalue weighted by atomic mass is 9.72. The van der Waals surface area contributed by atoms with Gasteiger partial charge in [0.15, 0.2) is 0 Å². The molecular formula is C29H32FN7O6. The lowest BCUT2D eigenvalue weighted by Gasteiger charge is -2.50. The molecule has 0 radical (unpaired) electrons. The maximum Gasteiger partial charge on any atom is 0.330 e. The van der Waals surface area contributed by atoms with Gasteiger partial charge in [0.2, 0.25) is 5.82 Å². The Morgan fingerprint density at radius 3 is 2.86 bits per heavy atom. The molecule has 2 bridgehead atoms. The lowest BCUT2D eigenvalue weighted by molar-refractivity contribution is -0.0382. The molecule has 0 spiro atoms. The zero-order chi connectivity index (χ0) is 29.8. The molecule has 4 fully saturated rings. The van der Waals surface area contributed by atoms with Crippen molar-refractivity contribution in [3.05, 3.63) is 80.8 Å². The third-order valence-electron chi connectivity index (χ3n) is 9.33. The SMILES string of the molecule is COc1ccc2nccc([C@H](O)[C@H]3CC4CCN3CC4c3cn(C4CC(n5cc(F)c(=O)[nH]c5=O)OC4CO)nn3)c2c1. The summed E-state index contributed by atoms with van der Waals surface area (Å²) in [6.45, 7) is 1.25. The number of aromatic amines is 1. The molecular weight excluding hydrogens is 561 g/mol. The van der Waals surface area contributed by atoms with Crippen LogP contribution in [-0.2, 0) is 4.74 Å². The number of aromatic nitrogens is 6. The minimum Gasteiger partial charge on any atom is -0.497 e. The van der Waals surface area contributed by atoms with Crippen LogP contribution in [0.1, 0.15) is 54.8 Å². The number of hydrogen-bond donors (Lipinski definition) is 3. The van der Waals surface area contributed by atoms with Gasteiger partial charge in [-0.15, -0.1) is 5.10 Å². The molecule has 3 aromatic heterocycles. The van der Waals surface area contributed by atoms with Crippen LogP contribution in [0.2, 0.25) is 0 Å². The summed E-state index contributed by atoms with van der Waals surface area (Å²) in [5.74, 6) is 0.0176. The van der Waals surface area contributed by atoms with Gasteiger partial charge in [-0.3, -0.25) is 24.2 Å². The Kier molecular flexibility index (Phi) is 7.08. The maximum atomic E-state index is 13.9. The van der Waals surface area contributed by atoms with Crippen LogP contribution in [-0.4, -0.2) is 83.6 Å². The third kappa shape index (κ3) is 4.83. The Morgan fingerprint density at radius 2 is 2.09 bits per heavy atom. The highest BCUT2D eigenvalue weighted by atomic mass is 19.1. The van der Waals surface area contributed by atoms with Crippen molar-refractivity contribution in [1.29, 1.82) is 0 Å². The van der Waals surface area contributed by atoms with E-state index in [-0.39, 0.29) is 25.0 Å². The number of piperidine rings is 3. The molecule has 226 valence electrons. The number of aliphatic hydroxyl groups excluding tert-OH is 2. The fourth-order valence-corrected chi connectivity index (χ4v) is 7.10. The van der Waals surface area contributed by atoms with E-state index in [1.54, 1.807) is 18.0 Å². The number of rotatable bonds is 7. The zero-order valence-electron chi connectivity index (χ0n) is 23.4. The van der Waals surface area contributed by atoms with Gasteiger partial charge in [0.05, 0.1) is 43.3 Å². The Morgan fingerprint density at radius 1 is 1.23 bits per heavy atom. The van der Waals surface area contributed by atoms with Crippen molar-refractivity contribution in [2.45, 2.75) is 55.7 Å². The van der Waals surface area contributed by atoms with Crippen LogP contribution in [0.25, 0.3) is 10.9 Å². The van der Waals surface area contributed by atoms with E-state index in [4.69, 9.17) is 9.47 Å². The van der Waals surface area contributed by atoms with Crippen LogP contribution in [0.3, 0.4) is 0 Å². The monoisotopic (exact) mass is 593 g/mol. The van der Waals surface area contributed by atoms with Gasteiger partial charge in [0.1, 0.15) is 18.1 Å². The van der Waals surface area contributed by atoms with E-state index in [1.165, 1.54) is 0 Å². The Labute approximate surface area is 244 Å². The second kappa shape index (κ2) is 10.9. The largest absolute Gasteiger partial charge is 0.497 e. The summed E-state index contributed by atoms with van der Waals surface area (Å²) in [7, 11) is 1.62. The molecule has 4 saturated heterocycles. The molecule has 4 aliphatic rings. The molecule has 4 aromatic rings. The van der Waals surface area contributed by atoms with E-state index >= 15 is 0 Å². The number of halogens is 1. The molecule has 1 aromatic carbocycles. The van der Waals surface area contributed by atoms with E-state index in [0.717, 1.165) is 58.9 Å². The molecule has 8 atom stereocenters. The number of fused-ring (bicyclic) bond motifs is 4. The average molecular weight is 594 g/mol. The Balaban J connectivity index is 1.09. The van der Waals surface area contributed by atoms with Crippen molar-refractivity contribution in [1.82, 2.24) is 34.4 Å². The fourth-order valence-electron chi connectivity index (χ4n) is 7.10. The summed E-state index contributed by atoms with van der Waals surface area (Å²) in [4.78, 5) is 32.5. The number of H-pyrrole nitrogens is 1. The minimum atomic E-state index is -1.10. The van der Waals surface area contributed by atoms with Crippen LogP contribution < -0.4 is 16.0 Å². The van der Waals surface area contributed by atoms with Gasteiger partial charge in [-0.05, 0) is 55.1 Å². The highest BCUT2D eigenvalue weighted by Crippen LogP contribution is 2.45. The molecule has 3 N–H and O–H groups in total. The summed E-state index contributed by atoms with van der Waals surface area (Å²) < 4.78 is 27.8. The molecule has 4 aliphatic heterocycles. The number of hydrogen-bond acceptors (Lipinski definition) is 10. The van der Waals surface area contributed by atoms with Gasteiger partial charge in [-0.25, -0.2) is 9.48 Å². The van der Waals surface area contributed by atoms with E-state index < -0.39 is 41.5 Å². The molecule has 0 amide bonds. The topological polar surface area (TPSA) is 161 Å². The summed E-state index contributed by atoms with van der Waals surface area (Å²) in [6.07, 6.45) is 4.09. The number of aliphatic hydroxyl groups is 2. The fraction of sp³-hybridized carbons (Fsp3) is 0.483. The first-order valence-electron chi connectivity index (χ1n) is 14.4. The highest BCUT2D eigenvalue weighted by molar-refractivity contribution is 5.84. The van der Waals surface area contributed by atoms with Crippen LogP contribution >= 0.6 is 0 Å². The minimum absolute atomic E-state index is 0.0550. The second-order valence-corrected chi connectivity index (χ2v) is 11.6. The number of nitrogens with one attached hydrogen (secondary N) is 1. The maximum absolute atomic E-state index is 13.9. The number of methoxy groups -OCH3 is 1. The van der Waals surface area contributed by atoms with Crippen LogP contribution in [0, 0.1) is 11.7 Å². The highest BCUT2D eigenvalue weighted by Gasteiger charge is 2.45. The Hall–Kier alpha value is -3.98. The molecule has 0 saturated carbocycles. The first-order valence-corrected chi connectivity index (χ1v) is 14.4. The number of ether oxygens (including phenoxy) is 2. The van der Waals surface area contributed by atoms with Gasteiger partial charge < -0.3 is 19.7 Å². The normalized spacial score (nSPS) is 29.3. The van der Waals surface area contributed by atoms with E-state index in [9.17, 15) is 24.2 Å². The second-order valence-electron chi connectivity index (χ2n) is 11.6. The Bertz CT molecular complexity index is 1770. The molecule has 14 heteroatoms. The van der Waals surface area contributed by atoms with Crippen LogP contribution in [0.5, 0.6) is 5.75 Å². The molecule has 8 rings (SSSR count). The van der Waals surface area contributed by atoms with E-state index in [1.807, 2.05) is 35.4 Å². The van der Waals surface area contributed by atoms with Gasteiger partial charge in [-0.1, -0.05) is 5.21 Å². The number of benzene rings is 1. The third-order valence-corrected chi connectivity index (χ3v) is 9.33. The number of pyridine rings is 1. The predicted octanol–water partition coefficient (Wildman–Crippen LogP) is 1.26. The lowest BCUT2D eigenvalue weighted by Crippen LogP contribution is -2.54. The first kappa shape index (κ1) is 27.8. The molecule has 0 aliphatic carbocycles. The molecule has 7 heterocycles. The van der Waals surface area contributed by atoms with Crippen LogP contribution in [0.4, 0.5) is 4.39 Å². The van der Waals surface area contributed by atoms with E-state index in [0.29, 0.717) is 11.7 Å². The van der Waals surface area contributed by atoms with Crippen molar-refractivity contribution in [3.8, 4) is 5.75 Å². The number of nitrogens with zero attached hydrogens (tertiary/aromatic N) is 6. The summed E-state index contributed by atoms with van der Waals surface area (Å²) >= 11 is 0. The molecule has 6 unspecified atom stereocenters. The van der Waals surface area contributed by atoms with Gasteiger partial charge >= 0.3 is 5.69 Å². The molecule has 43 heavy (non-hydrogen) atoms. The van der Waals surface area contributed by atoms with Crippen molar-refractivity contribution in [3.63, 3.8) is 0 Å². The van der Waals surface area contributed by atoms with Crippen molar-refractivity contribution < 1.29 is 24.1 Å². The van der Waals surface area contributed by atoms with Gasteiger partial charge in [-0.2, -0.15) is 4.39 Å². The standard InChI is InChI=1S/C29H32FN7O6/c1-42-16-2-3-21-18(9-16)17(4-6-31-21)27(39)24-8-15-5-7-35(24)11-19(15)22-13-37(34-33-22)23-10-26(43-25(23)14-38)36-12-20(30)28(40)32-29(36)41/h2-4,6,9,12-13,15,19,23-27,38-39H,5,7-8,10-11,14H2,1H3,(H,32,40,41)/t15?,19?,23?,24-,25?,26?,27+/m1/s1. The first-order chi connectivity index (χ1) is 20.8. The average Bonchev–Trinajstić information content (AvgIpc) is 3.70. The summed E-state index contributed by atoms with van der Waals surface area (Å²) in [5, 5.41) is 31.3. The summed E-state index contributed by atoms with van der Waals surface area (Å²) in [6, 6.07) is 7.04. The van der Waals surface area contributed by atoms with E-state index in [2.05, 4.69) is 20.2 Å². The van der Waals surface area contributed by atoms with Crippen LogP contribution in [0.15, 0.2) is 52.4 Å². The quantitative estimate of drug-likeness (QED) is 0.285. The van der Waals surface area contributed by atoms with Crippen molar-refractivity contribution in [2.75, 3.05) is 26.8 Å². The van der Waals surface area contributed by atoms with Gasteiger partial charge in [0, 0.05) is 42.7 Å². The smallest absolute Gasteiger partial charge is 0.330 e. The summed E-state index contributed by atoms with van der Waals surface area (Å²) in [5.41, 5.74) is 0.552. The molecule has 13 nitrogen and oxygen atoms in total. The predicted molar refractivity (Wildman–Crippen MR) is 150 cm³/mol. The zero-order valence-corrected chi connectivity index (χ0v) is 23.4. The van der Waals surface area contributed by atoms with Gasteiger partial charge in [0.25, 0.3) is 5.56 Å². The van der Waals surface area contributed by atoms with Crippen molar-refractivity contribution >= 4 is 10.9 Å².